The van der Waals surface area contributed by atoms with E-state index in [2.05, 4.69) is 0 Å². The highest BCUT2D eigenvalue weighted by molar-refractivity contribution is 7.17. The largest absolute Gasteiger partial charge is 0.488 e. The van der Waals surface area contributed by atoms with E-state index >= 15 is 0 Å². The zero-order valence-electron chi connectivity index (χ0n) is 8.77. The molecule has 1 amide bonds. The van der Waals surface area contributed by atoms with Crippen LogP contribution in [0.25, 0.3) is 10.4 Å². The molecule has 2 aromatic rings. The molecule has 2 N–H and O–H groups in total. The Morgan fingerprint density at radius 3 is 3.06 bits per heavy atom. The predicted octanol–water partition coefficient (Wildman–Crippen LogP) is 2.43. The Bertz CT molecular complexity index is 591. The van der Waals surface area contributed by atoms with Gasteiger partial charge in [0.15, 0.2) is 0 Å². The Labute approximate surface area is 101 Å². The number of hydroxylamine groups is 1. The van der Waals surface area contributed by atoms with E-state index in [4.69, 9.17) is 9.94 Å². The molecule has 4 nitrogen and oxygen atoms in total. The van der Waals surface area contributed by atoms with Gasteiger partial charge in [0.05, 0.1) is 4.88 Å². The first-order valence-electron chi connectivity index (χ1n) is 5.09. The number of ether oxygens (including phenoxy) is 1. The summed E-state index contributed by atoms with van der Waals surface area (Å²) in [5, 5.41) is 8.62. The summed E-state index contributed by atoms with van der Waals surface area (Å²) < 4.78 is 5.59. The van der Waals surface area contributed by atoms with Crippen LogP contribution in [0.3, 0.4) is 0 Å². The molecule has 0 bridgehead atoms. The van der Waals surface area contributed by atoms with E-state index in [9.17, 15) is 4.79 Å². The zero-order chi connectivity index (χ0) is 11.8. The number of para-hydroxylation sites is 1. The Morgan fingerprint density at radius 2 is 2.24 bits per heavy atom. The molecule has 0 aliphatic carbocycles. The summed E-state index contributed by atoms with van der Waals surface area (Å²) in [5.74, 6) is 0.347. The van der Waals surface area contributed by atoms with Gasteiger partial charge in [0.25, 0.3) is 5.91 Å². The number of nitrogens with one attached hydrogen (secondary N) is 1. The Kier molecular flexibility index (Phi) is 2.35. The maximum atomic E-state index is 11.4. The monoisotopic (exact) mass is 247 g/mol. The molecule has 17 heavy (non-hydrogen) atoms. The van der Waals surface area contributed by atoms with Gasteiger partial charge in [-0.25, -0.2) is 5.48 Å². The zero-order valence-corrected chi connectivity index (χ0v) is 9.58. The molecule has 86 valence electrons. The molecule has 0 unspecified atom stereocenters. The SMILES string of the molecule is O=C(NO)c1cc2c(s1)-c1ccccc1OC2. The summed E-state index contributed by atoms with van der Waals surface area (Å²) in [6.07, 6.45) is 0. The van der Waals surface area contributed by atoms with E-state index < -0.39 is 5.91 Å². The van der Waals surface area contributed by atoms with Gasteiger partial charge in [-0.15, -0.1) is 11.3 Å². The third-order valence-electron chi connectivity index (χ3n) is 2.65. The summed E-state index contributed by atoms with van der Waals surface area (Å²) in [6, 6.07) is 9.47. The van der Waals surface area contributed by atoms with E-state index in [1.54, 1.807) is 11.5 Å². The number of hydrogen-bond acceptors (Lipinski definition) is 4. The van der Waals surface area contributed by atoms with Gasteiger partial charge in [-0.1, -0.05) is 12.1 Å². The molecule has 0 spiro atoms. The van der Waals surface area contributed by atoms with Crippen molar-refractivity contribution >= 4 is 17.2 Å². The lowest BCUT2D eigenvalue weighted by molar-refractivity contribution is 0.0711. The molecule has 2 heterocycles. The van der Waals surface area contributed by atoms with Crippen LogP contribution in [0.15, 0.2) is 30.3 Å². The Balaban J connectivity index is 2.13. The van der Waals surface area contributed by atoms with Crippen molar-refractivity contribution in [1.29, 1.82) is 0 Å². The first kappa shape index (κ1) is 10.3. The third-order valence-corrected chi connectivity index (χ3v) is 3.86. The second kappa shape index (κ2) is 3.87. The number of rotatable bonds is 1. The number of carbonyl (C=O) groups is 1. The molecular formula is C12H9NO3S. The fourth-order valence-electron chi connectivity index (χ4n) is 1.87. The molecule has 3 rings (SSSR count). The summed E-state index contributed by atoms with van der Waals surface area (Å²) in [6.45, 7) is 0.460. The minimum Gasteiger partial charge on any atom is -0.488 e. The smallest absolute Gasteiger partial charge is 0.284 e. The van der Waals surface area contributed by atoms with Gasteiger partial charge >= 0.3 is 0 Å². The van der Waals surface area contributed by atoms with Gasteiger partial charge in [0.2, 0.25) is 0 Å². The van der Waals surface area contributed by atoms with Crippen LogP contribution in [0, 0.1) is 0 Å². The van der Waals surface area contributed by atoms with Crippen molar-refractivity contribution in [2.45, 2.75) is 6.61 Å². The van der Waals surface area contributed by atoms with E-state index in [1.165, 1.54) is 11.3 Å². The molecule has 1 aromatic heterocycles. The Morgan fingerprint density at radius 1 is 1.41 bits per heavy atom. The molecule has 0 saturated heterocycles. The average Bonchev–Trinajstić information content (AvgIpc) is 2.82. The van der Waals surface area contributed by atoms with E-state index in [0.29, 0.717) is 11.5 Å². The lowest BCUT2D eigenvalue weighted by Crippen LogP contribution is -2.16. The van der Waals surface area contributed by atoms with Gasteiger partial charge in [-0.3, -0.25) is 10.0 Å². The number of benzene rings is 1. The van der Waals surface area contributed by atoms with Gasteiger partial charge < -0.3 is 4.74 Å². The van der Waals surface area contributed by atoms with Crippen molar-refractivity contribution in [3.8, 4) is 16.2 Å². The first-order valence-corrected chi connectivity index (χ1v) is 5.90. The molecule has 1 aromatic carbocycles. The minimum atomic E-state index is -0.484. The summed E-state index contributed by atoms with van der Waals surface area (Å²) >= 11 is 1.36. The van der Waals surface area contributed by atoms with Gasteiger partial charge in [-0.05, 0) is 18.2 Å². The average molecular weight is 247 g/mol. The van der Waals surface area contributed by atoms with E-state index in [0.717, 1.165) is 21.8 Å². The topological polar surface area (TPSA) is 58.6 Å². The minimum absolute atomic E-state index is 0.460. The number of fused-ring (bicyclic) bond motifs is 3. The van der Waals surface area contributed by atoms with Crippen LogP contribution >= 0.6 is 11.3 Å². The highest BCUT2D eigenvalue weighted by atomic mass is 32.1. The van der Waals surface area contributed by atoms with Crippen molar-refractivity contribution in [1.82, 2.24) is 5.48 Å². The van der Waals surface area contributed by atoms with Crippen molar-refractivity contribution in [2.24, 2.45) is 0 Å². The van der Waals surface area contributed by atoms with Crippen LogP contribution in [-0.2, 0) is 6.61 Å². The number of amides is 1. The Hall–Kier alpha value is -1.85. The molecular weight excluding hydrogens is 238 g/mol. The highest BCUT2D eigenvalue weighted by Crippen LogP contribution is 2.42. The van der Waals surface area contributed by atoms with Crippen LogP contribution < -0.4 is 10.2 Å². The molecule has 0 radical (unpaired) electrons. The van der Waals surface area contributed by atoms with Gasteiger partial charge in [0, 0.05) is 16.0 Å². The third kappa shape index (κ3) is 1.60. The number of carbonyl (C=O) groups excluding carboxylic acids is 1. The summed E-state index contributed by atoms with van der Waals surface area (Å²) in [7, 11) is 0. The van der Waals surface area contributed by atoms with Crippen LogP contribution in [0.5, 0.6) is 5.75 Å². The maximum Gasteiger partial charge on any atom is 0.284 e. The van der Waals surface area contributed by atoms with E-state index in [1.807, 2.05) is 24.3 Å². The second-order valence-electron chi connectivity index (χ2n) is 3.69. The van der Waals surface area contributed by atoms with E-state index in [-0.39, 0.29) is 0 Å². The van der Waals surface area contributed by atoms with Crippen LogP contribution in [-0.4, -0.2) is 11.1 Å². The molecule has 1 aliphatic rings. The predicted molar refractivity (Wildman–Crippen MR) is 63.3 cm³/mol. The molecule has 0 atom stereocenters. The standard InChI is InChI=1S/C12H9NO3S/c14-12(13-15)10-5-7-6-16-9-4-2-1-3-8(9)11(7)17-10/h1-5,15H,6H2,(H,13,14). The number of hydrogen-bond donors (Lipinski definition) is 2. The molecule has 0 saturated carbocycles. The van der Waals surface area contributed by atoms with Crippen LogP contribution in [0.1, 0.15) is 15.2 Å². The van der Waals surface area contributed by atoms with Crippen molar-refractivity contribution in [3.63, 3.8) is 0 Å². The van der Waals surface area contributed by atoms with Crippen molar-refractivity contribution < 1.29 is 14.7 Å². The molecule has 1 aliphatic heterocycles. The van der Waals surface area contributed by atoms with Crippen molar-refractivity contribution in [2.75, 3.05) is 0 Å². The van der Waals surface area contributed by atoms with Crippen molar-refractivity contribution in [3.05, 3.63) is 40.8 Å². The lowest BCUT2D eigenvalue weighted by atomic mass is 10.1. The lowest BCUT2D eigenvalue weighted by Gasteiger charge is -2.16. The fraction of sp³-hybridized carbons (Fsp3) is 0.0833. The summed E-state index contributed by atoms with van der Waals surface area (Å²) in [5.41, 5.74) is 3.62. The second-order valence-corrected chi connectivity index (χ2v) is 4.74. The normalized spacial score (nSPS) is 12.3. The summed E-state index contributed by atoms with van der Waals surface area (Å²) in [4.78, 5) is 12.9. The van der Waals surface area contributed by atoms with Crippen LogP contribution in [0.4, 0.5) is 0 Å². The van der Waals surface area contributed by atoms with Gasteiger partial charge in [0.1, 0.15) is 12.4 Å². The first-order chi connectivity index (χ1) is 8.29. The molecule has 5 heteroatoms. The highest BCUT2D eigenvalue weighted by Gasteiger charge is 2.21. The van der Waals surface area contributed by atoms with Crippen LogP contribution in [0.2, 0.25) is 0 Å². The number of thiophene rings is 1. The molecule has 0 fully saturated rings. The fourth-order valence-corrected chi connectivity index (χ4v) is 2.95. The van der Waals surface area contributed by atoms with Gasteiger partial charge in [-0.2, -0.15) is 0 Å². The maximum absolute atomic E-state index is 11.4. The quantitative estimate of drug-likeness (QED) is 0.601.